The minimum Gasteiger partial charge on any atom is -0.362 e. The first-order chi connectivity index (χ1) is 13.4. The molecule has 0 unspecified atom stereocenters. The molecule has 4 rings (SSSR count). The molecule has 4 aromatic rings. The summed E-state index contributed by atoms with van der Waals surface area (Å²) in [6, 6.07) is 12.6. The van der Waals surface area contributed by atoms with Crippen molar-refractivity contribution in [3.63, 3.8) is 0 Å². The van der Waals surface area contributed by atoms with Crippen LogP contribution in [0.1, 0.15) is 36.7 Å². The number of nitrogens with zero attached hydrogens (tertiary/aromatic N) is 4. The summed E-state index contributed by atoms with van der Waals surface area (Å²) in [5, 5.41) is 14.3. The van der Waals surface area contributed by atoms with E-state index in [1.165, 1.54) is 11.1 Å². The fourth-order valence-electron chi connectivity index (χ4n) is 3.82. The van der Waals surface area contributed by atoms with Crippen molar-refractivity contribution in [2.24, 2.45) is 7.05 Å². The molecule has 0 saturated heterocycles. The van der Waals surface area contributed by atoms with Crippen LogP contribution in [0.2, 0.25) is 0 Å². The highest BCUT2D eigenvalue weighted by molar-refractivity contribution is 6.01. The van der Waals surface area contributed by atoms with Crippen LogP contribution in [0.4, 0.5) is 5.82 Å². The molecule has 6 heteroatoms. The van der Waals surface area contributed by atoms with Gasteiger partial charge in [0.15, 0.2) is 5.82 Å². The van der Waals surface area contributed by atoms with Crippen molar-refractivity contribution in [2.75, 3.05) is 5.32 Å². The zero-order valence-corrected chi connectivity index (χ0v) is 16.9. The fraction of sp³-hybridized carbons (Fsp3) is 0.318. The number of aromatic nitrogens is 4. The van der Waals surface area contributed by atoms with E-state index < -0.39 is 0 Å². The second kappa shape index (κ2) is 6.78. The van der Waals surface area contributed by atoms with E-state index in [0.717, 1.165) is 33.3 Å². The Hall–Kier alpha value is -3.15. The lowest BCUT2D eigenvalue weighted by Crippen LogP contribution is -2.21. The SMILES string of the molecule is CCn1c(=O)n(C)c2cc3c(C)nnc(N[C@H](C)c4cccc(C)c4)c3cc21. The van der Waals surface area contributed by atoms with Gasteiger partial charge in [0, 0.05) is 24.4 Å². The van der Waals surface area contributed by atoms with Crippen molar-refractivity contribution < 1.29 is 0 Å². The van der Waals surface area contributed by atoms with Gasteiger partial charge in [-0.25, -0.2) is 4.79 Å². The predicted octanol–water partition coefficient (Wildman–Crippen LogP) is 4.09. The Morgan fingerprint density at radius 1 is 1.07 bits per heavy atom. The molecule has 0 amide bonds. The lowest BCUT2D eigenvalue weighted by Gasteiger charge is -2.17. The number of rotatable bonds is 4. The minimum absolute atomic E-state index is 0.00554. The summed E-state index contributed by atoms with van der Waals surface area (Å²) >= 11 is 0. The van der Waals surface area contributed by atoms with Crippen molar-refractivity contribution in [1.82, 2.24) is 19.3 Å². The molecular weight excluding hydrogens is 350 g/mol. The van der Waals surface area contributed by atoms with Crippen LogP contribution in [-0.2, 0) is 13.6 Å². The Labute approximate surface area is 163 Å². The zero-order chi connectivity index (χ0) is 20.0. The molecule has 0 spiro atoms. The molecule has 0 radical (unpaired) electrons. The van der Waals surface area contributed by atoms with Gasteiger partial charge in [0.05, 0.1) is 22.8 Å². The van der Waals surface area contributed by atoms with E-state index in [1.54, 1.807) is 9.13 Å². The molecule has 1 N–H and O–H groups in total. The Bertz CT molecular complexity index is 1250. The van der Waals surface area contributed by atoms with E-state index in [0.29, 0.717) is 6.54 Å². The van der Waals surface area contributed by atoms with E-state index in [1.807, 2.05) is 27.0 Å². The van der Waals surface area contributed by atoms with Gasteiger partial charge in [-0.15, -0.1) is 5.10 Å². The van der Waals surface area contributed by atoms with Crippen LogP contribution in [0, 0.1) is 13.8 Å². The lowest BCUT2D eigenvalue weighted by atomic mass is 10.0. The summed E-state index contributed by atoms with van der Waals surface area (Å²) in [6.45, 7) is 8.77. The van der Waals surface area contributed by atoms with E-state index >= 15 is 0 Å². The standard InChI is InChI=1S/C22H25N5O/c1-6-27-20-12-18-17(11-19(20)26(5)22(27)28)15(4)24-25-21(18)23-14(3)16-9-7-8-13(2)10-16/h7-12,14H,6H2,1-5H3,(H,23,25)/t14-/m1/s1. The number of aryl methyl sites for hydroxylation is 4. The highest BCUT2D eigenvalue weighted by atomic mass is 16.1. The van der Waals surface area contributed by atoms with Gasteiger partial charge in [-0.05, 0) is 45.4 Å². The molecule has 2 aromatic heterocycles. The van der Waals surface area contributed by atoms with Crippen LogP contribution in [0.15, 0.2) is 41.2 Å². The van der Waals surface area contributed by atoms with Crippen LogP contribution in [0.3, 0.4) is 0 Å². The van der Waals surface area contributed by atoms with Crippen LogP contribution in [-0.4, -0.2) is 19.3 Å². The van der Waals surface area contributed by atoms with E-state index in [4.69, 9.17) is 0 Å². The van der Waals surface area contributed by atoms with Crippen LogP contribution in [0.5, 0.6) is 0 Å². The average Bonchev–Trinajstić information content (AvgIpc) is 2.92. The first-order valence-corrected chi connectivity index (χ1v) is 9.60. The Balaban J connectivity index is 1.89. The zero-order valence-electron chi connectivity index (χ0n) is 16.9. The first-order valence-electron chi connectivity index (χ1n) is 9.60. The molecule has 0 aliphatic rings. The topological polar surface area (TPSA) is 64.7 Å². The molecule has 0 bridgehead atoms. The Morgan fingerprint density at radius 2 is 1.82 bits per heavy atom. The largest absolute Gasteiger partial charge is 0.362 e. The van der Waals surface area contributed by atoms with Crippen molar-refractivity contribution in [1.29, 1.82) is 0 Å². The van der Waals surface area contributed by atoms with Gasteiger partial charge in [-0.2, -0.15) is 5.10 Å². The lowest BCUT2D eigenvalue weighted by molar-refractivity contribution is 0.712. The summed E-state index contributed by atoms with van der Waals surface area (Å²) in [7, 11) is 1.81. The Morgan fingerprint density at radius 3 is 2.54 bits per heavy atom. The smallest absolute Gasteiger partial charge is 0.328 e. The molecule has 1 atom stereocenters. The fourth-order valence-corrected chi connectivity index (χ4v) is 3.82. The quantitative estimate of drug-likeness (QED) is 0.583. The second-order valence-corrected chi connectivity index (χ2v) is 7.39. The average molecular weight is 375 g/mol. The molecule has 2 aromatic carbocycles. The molecule has 0 fully saturated rings. The summed E-state index contributed by atoms with van der Waals surface area (Å²) in [4.78, 5) is 12.5. The van der Waals surface area contributed by atoms with Crippen molar-refractivity contribution in [3.05, 3.63) is 63.7 Å². The van der Waals surface area contributed by atoms with Gasteiger partial charge in [0.2, 0.25) is 0 Å². The summed E-state index contributed by atoms with van der Waals surface area (Å²) in [6.07, 6.45) is 0. The summed E-state index contributed by atoms with van der Waals surface area (Å²) in [5.74, 6) is 0.732. The van der Waals surface area contributed by atoms with Crippen molar-refractivity contribution in [2.45, 2.75) is 40.3 Å². The number of benzene rings is 2. The summed E-state index contributed by atoms with van der Waals surface area (Å²) < 4.78 is 3.49. The monoisotopic (exact) mass is 375 g/mol. The first kappa shape index (κ1) is 18.2. The third kappa shape index (κ3) is 2.85. The highest BCUT2D eigenvalue weighted by Crippen LogP contribution is 2.30. The van der Waals surface area contributed by atoms with Crippen LogP contribution >= 0.6 is 0 Å². The highest BCUT2D eigenvalue weighted by Gasteiger charge is 2.16. The van der Waals surface area contributed by atoms with Gasteiger partial charge in [-0.3, -0.25) is 9.13 Å². The van der Waals surface area contributed by atoms with Gasteiger partial charge in [-0.1, -0.05) is 29.8 Å². The van der Waals surface area contributed by atoms with Crippen LogP contribution in [0.25, 0.3) is 21.8 Å². The Kier molecular flexibility index (Phi) is 4.41. The third-order valence-corrected chi connectivity index (χ3v) is 5.44. The number of hydrogen-bond acceptors (Lipinski definition) is 4. The molecule has 144 valence electrons. The number of imidazole rings is 1. The molecular formula is C22H25N5O. The number of hydrogen-bond donors (Lipinski definition) is 1. The van der Waals surface area contributed by atoms with Crippen molar-refractivity contribution >= 4 is 27.6 Å². The molecule has 28 heavy (non-hydrogen) atoms. The maximum Gasteiger partial charge on any atom is 0.328 e. The van der Waals surface area contributed by atoms with Gasteiger partial charge in [0.1, 0.15) is 0 Å². The maximum atomic E-state index is 12.5. The molecule has 0 saturated carbocycles. The van der Waals surface area contributed by atoms with E-state index in [-0.39, 0.29) is 11.7 Å². The number of fused-ring (bicyclic) bond motifs is 2. The van der Waals surface area contributed by atoms with Gasteiger partial charge >= 0.3 is 5.69 Å². The molecule has 0 aliphatic heterocycles. The van der Waals surface area contributed by atoms with Gasteiger partial charge in [0.25, 0.3) is 0 Å². The maximum absolute atomic E-state index is 12.5. The summed E-state index contributed by atoms with van der Waals surface area (Å²) in [5.41, 5.74) is 5.09. The second-order valence-electron chi connectivity index (χ2n) is 7.39. The normalized spacial score (nSPS) is 12.6. The number of anilines is 1. The van der Waals surface area contributed by atoms with Crippen molar-refractivity contribution in [3.8, 4) is 0 Å². The number of nitrogens with one attached hydrogen (secondary N) is 1. The molecule has 0 aliphatic carbocycles. The minimum atomic E-state index is -0.00554. The predicted molar refractivity (Wildman–Crippen MR) is 114 cm³/mol. The molecule has 2 heterocycles. The van der Waals surface area contributed by atoms with E-state index in [2.05, 4.69) is 59.7 Å². The third-order valence-electron chi connectivity index (χ3n) is 5.44. The van der Waals surface area contributed by atoms with E-state index in [9.17, 15) is 4.79 Å². The van der Waals surface area contributed by atoms with Crippen LogP contribution < -0.4 is 11.0 Å². The molecule has 6 nitrogen and oxygen atoms in total. The van der Waals surface area contributed by atoms with Gasteiger partial charge < -0.3 is 5.32 Å².